The lowest BCUT2D eigenvalue weighted by molar-refractivity contribution is -0.134. The van der Waals surface area contributed by atoms with Crippen LogP contribution in [0.3, 0.4) is 0 Å². The molecule has 0 spiro atoms. The standard InChI is InChI=1S/C32H38N4O7S/c1-23-16-24(2)18-26(17-23)36(44(39,40)28-12-13-29(41-3)30(19-28)42-4)21-31(37)34-33-20-25-8-10-27(11-9-25)43-22-32(38)35-14-6-5-7-15-35/h8-13,16-20H,5-7,14-15,21-22H2,1-4H3,(H,34,37)/b33-20-. The van der Waals surface area contributed by atoms with E-state index in [-0.39, 0.29) is 23.2 Å². The minimum atomic E-state index is -4.20. The largest absolute Gasteiger partial charge is 0.493 e. The number of hydrazone groups is 1. The molecular formula is C32H38N4O7S. The van der Waals surface area contributed by atoms with Crippen LogP contribution in [-0.4, -0.2) is 71.8 Å². The molecule has 0 aliphatic carbocycles. The normalized spacial score (nSPS) is 13.4. The Morgan fingerprint density at radius 2 is 1.57 bits per heavy atom. The van der Waals surface area contributed by atoms with Gasteiger partial charge in [0, 0.05) is 19.2 Å². The molecule has 0 radical (unpaired) electrons. The molecular weight excluding hydrogens is 584 g/mol. The van der Waals surface area contributed by atoms with Gasteiger partial charge in [-0.15, -0.1) is 0 Å². The van der Waals surface area contributed by atoms with E-state index < -0.39 is 22.5 Å². The van der Waals surface area contributed by atoms with Crippen molar-refractivity contribution >= 4 is 33.7 Å². The van der Waals surface area contributed by atoms with Gasteiger partial charge in [0.15, 0.2) is 18.1 Å². The molecule has 0 saturated carbocycles. The predicted molar refractivity (Wildman–Crippen MR) is 168 cm³/mol. The lowest BCUT2D eigenvalue weighted by atomic mass is 10.1. The average Bonchev–Trinajstić information content (AvgIpc) is 3.02. The smallest absolute Gasteiger partial charge is 0.264 e. The number of benzene rings is 3. The zero-order chi connectivity index (χ0) is 31.7. The summed E-state index contributed by atoms with van der Waals surface area (Å²) >= 11 is 0. The number of aryl methyl sites for hydroxylation is 2. The monoisotopic (exact) mass is 622 g/mol. The third kappa shape index (κ3) is 8.28. The summed E-state index contributed by atoms with van der Waals surface area (Å²) in [4.78, 5) is 27.1. The van der Waals surface area contributed by atoms with E-state index in [0.717, 1.165) is 47.8 Å². The van der Waals surface area contributed by atoms with Crippen molar-refractivity contribution in [2.75, 3.05) is 44.8 Å². The number of amides is 2. The number of ether oxygens (including phenoxy) is 3. The van der Waals surface area contributed by atoms with Crippen LogP contribution in [0, 0.1) is 13.8 Å². The second kappa shape index (κ2) is 14.7. The van der Waals surface area contributed by atoms with Gasteiger partial charge in [-0.1, -0.05) is 6.07 Å². The molecule has 4 rings (SSSR count). The SMILES string of the molecule is COc1ccc(S(=O)(=O)N(CC(=O)N/N=C\c2ccc(OCC(=O)N3CCCCC3)cc2)c2cc(C)cc(C)c2)cc1OC. The number of sulfonamides is 1. The fraction of sp³-hybridized carbons (Fsp3) is 0.344. The molecule has 1 saturated heterocycles. The molecule has 234 valence electrons. The molecule has 44 heavy (non-hydrogen) atoms. The third-order valence-electron chi connectivity index (χ3n) is 7.08. The van der Waals surface area contributed by atoms with Crippen LogP contribution in [0.15, 0.2) is 70.7 Å². The molecule has 1 fully saturated rings. The Morgan fingerprint density at radius 3 is 2.20 bits per heavy atom. The summed E-state index contributed by atoms with van der Waals surface area (Å²) < 4.78 is 44.9. The Hall–Kier alpha value is -4.58. The third-order valence-corrected chi connectivity index (χ3v) is 8.85. The maximum Gasteiger partial charge on any atom is 0.264 e. The van der Waals surface area contributed by atoms with Gasteiger partial charge >= 0.3 is 0 Å². The summed E-state index contributed by atoms with van der Waals surface area (Å²) in [7, 11) is -1.32. The van der Waals surface area contributed by atoms with Crippen LogP contribution in [0.2, 0.25) is 0 Å². The summed E-state index contributed by atoms with van der Waals surface area (Å²) in [5, 5.41) is 4.01. The van der Waals surface area contributed by atoms with E-state index in [1.54, 1.807) is 36.4 Å². The van der Waals surface area contributed by atoms with Gasteiger partial charge in [0.25, 0.3) is 21.8 Å². The number of nitrogens with one attached hydrogen (secondary N) is 1. The number of carbonyl (C=O) groups is 2. The van der Waals surface area contributed by atoms with Crippen molar-refractivity contribution in [3.63, 3.8) is 0 Å². The van der Waals surface area contributed by atoms with Crippen molar-refractivity contribution in [2.45, 2.75) is 38.0 Å². The predicted octanol–water partition coefficient (Wildman–Crippen LogP) is 4.06. The highest BCUT2D eigenvalue weighted by molar-refractivity contribution is 7.92. The number of piperidine rings is 1. The lowest BCUT2D eigenvalue weighted by Crippen LogP contribution is -2.39. The number of carbonyl (C=O) groups excluding carboxylic acids is 2. The van der Waals surface area contributed by atoms with Crippen molar-refractivity contribution in [2.24, 2.45) is 5.10 Å². The number of hydrogen-bond acceptors (Lipinski definition) is 8. The number of nitrogens with zero attached hydrogens (tertiary/aromatic N) is 3. The fourth-order valence-corrected chi connectivity index (χ4v) is 6.31. The first-order valence-corrected chi connectivity index (χ1v) is 15.7. The summed E-state index contributed by atoms with van der Waals surface area (Å²) in [5.41, 5.74) is 5.11. The number of methoxy groups -OCH3 is 2. The Bertz CT molecular complexity index is 1580. The highest BCUT2D eigenvalue weighted by Crippen LogP contribution is 2.32. The Labute approximate surface area is 258 Å². The maximum absolute atomic E-state index is 13.8. The molecule has 0 aromatic heterocycles. The molecule has 3 aromatic rings. The molecule has 12 heteroatoms. The van der Waals surface area contributed by atoms with Gasteiger partial charge in [-0.05, 0) is 98.3 Å². The molecule has 2 amide bonds. The Balaban J connectivity index is 1.43. The molecule has 1 heterocycles. The van der Waals surface area contributed by atoms with Crippen LogP contribution in [0.4, 0.5) is 5.69 Å². The van der Waals surface area contributed by atoms with Gasteiger partial charge in [0.05, 0.1) is 31.0 Å². The van der Waals surface area contributed by atoms with Crippen LogP contribution in [0.25, 0.3) is 0 Å². The highest BCUT2D eigenvalue weighted by Gasteiger charge is 2.29. The van der Waals surface area contributed by atoms with E-state index in [1.165, 1.54) is 38.6 Å². The van der Waals surface area contributed by atoms with Gasteiger partial charge < -0.3 is 19.1 Å². The van der Waals surface area contributed by atoms with Gasteiger partial charge in [-0.25, -0.2) is 13.8 Å². The van der Waals surface area contributed by atoms with Crippen molar-refractivity contribution in [3.05, 3.63) is 77.4 Å². The first-order valence-electron chi connectivity index (χ1n) is 14.3. The highest BCUT2D eigenvalue weighted by atomic mass is 32.2. The first-order chi connectivity index (χ1) is 21.1. The molecule has 1 N–H and O–H groups in total. The quantitative estimate of drug-likeness (QED) is 0.239. The molecule has 0 atom stereocenters. The van der Waals surface area contributed by atoms with Gasteiger partial charge in [-0.3, -0.25) is 13.9 Å². The fourth-order valence-electron chi connectivity index (χ4n) is 4.89. The van der Waals surface area contributed by atoms with Gasteiger partial charge in [-0.2, -0.15) is 5.10 Å². The Kier molecular flexibility index (Phi) is 10.8. The van der Waals surface area contributed by atoms with E-state index >= 15 is 0 Å². The average molecular weight is 623 g/mol. The first kappa shape index (κ1) is 32.3. The number of rotatable bonds is 12. The van der Waals surface area contributed by atoms with Crippen LogP contribution in [0.5, 0.6) is 17.2 Å². The second-order valence-corrected chi connectivity index (χ2v) is 12.3. The van der Waals surface area contributed by atoms with Crippen molar-refractivity contribution in [1.82, 2.24) is 10.3 Å². The lowest BCUT2D eigenvalue weighted by Gasteiger charge is -2.26. The van der Waals surface area contributed by atoms with Crippen LogP contribution in [-0.2, 0) is 19.6 Å². The topological polar surface area (TPSA) is 127 Å². The number of anilines is 1. The zero-order valence-corrected chi connectivity index (χ0v) is 26.2. The van der Waals surface area contributed by atoms with E-state index in [9.17, 15) is 18.0 Å². The summed E-state index contributed by atoms with van der Waals surface area (Å²) in [6, 6.07) is 16.5. The minimum absolute atomic E-state index is 0.0212. The summed E-state index contributed by atoms with van der Waals surface area (Å²) in [5.74, 6) is 0.498. The van der Waals surface area contributed by atoms with Crippen molar-refractivity contribution in [3.8, 4) is 17.2 Å². The number of likely N-dealkylation sites (tertiary alicyclic amines) is 1. The molecule has 11 nitrogen and oxygen atoms in total. The Morgan fingerprint density at radius 1 is 0.909 bits per heavy atom. The van der Waals surface area contributed by atoms with Crippen LogP contribution in [0.1, 0.15) is 36.0 Å². The van der Waals surface area contributed by atoms with Gasteiger partial charge in [0.1, 0.15) is 12.3 Å². The molecule has 1 aliphatic heterocycles. The molecule has 1 aliphatic rings. The zero-order valence-electron chi connectivity index (χ0n) is 25.4. The van der Waals surface area contributed by atoms with E-state index in [2.05, 4.69) is 10.5 Å². The summed E-state index contributed by atoms with van der Waals surface area (Å²) in [6.45, 7) is 4.71. The molecule has 0 bridgehead atoms. The van der Waals surface area contributed by atoms with Gasteiger partial charge in [0.2, 0.25) is 0 Å². The van der Waals surface area contributed by atoms with E-state index in [4.69, 9.17) is 14.2 Å². The van der Waals surface area contributed by atoms with E-state index in [0.29, 0.717) is 22.7 Å². The number of hydrogen-bond donors (Lipinski definition) is 1. The van der Waals surface area contributed by atoms with Crippen molar-refractivity contribution in [1.29, 1.82) is 0 Å². The molecule has 0 unspecified atom stereocenters. The van der Waals surface area contributed by atoms with Crippen molar-refractivity contribution < 1.29 is 32.2 Å². The summed E-state index contributed by atoms with van der Waals surface area (Å²) in [6.07, 6.45) is 4.63. The van der Waals surface area contributed by atoms with Crippen LogP contribution < -0.4 is 23.9 Å². The van der Waals surface area contributed by atoms with Crippen LogP contribution >= 0.6 is 0 Å². The maximum atomic E-state index is 13.8. The second-order valence-electron chi connectivity index (χ2n) is 10.5. The minimum Gasteiger partial charge on any atom is -0.493 e. The van der Waals surface area contributed by atoms with E-state index in [1.807, 2.05) is 24.8 Å². The molecule has 3 aromatic carbocycles.